The molecule has 0 spiro atoms. The molecule has 0 bridgehead atoms. The summed E-state index contributed by atoms with van der Waals surface area (Å²) in [4.78, 5) is 6.31. The molecule has 3 aromatic rings. The molecule has 0 aliphatic carbocycles. The molecule has 0 amide bonds. The molecule has 0 N–H and O–H groups in total. The Hall–Kier alpha value is -2.67. The lowest BCUT2D eigenvalue weighted by Crippen LogP contribution is -2.24. The maximum Gasteiger partial charge on any atom is 0.212 e. The molecule has 3 heterocycles. The summed E-state index contributed by atoms with van der Waals surface area (Å²) in [6, 6.07) is 7.79. The SMILES string of the molecule is COc1ccc(-c2cn(C[C@H](c3ccc(C)o3)N(C)C)nn2)cn1. The van der Waals surface area contributed by atoms with Gasteiger partial charge in [-0.3, -0.25) is 4.90 Å². The third kappa shape index (κ3) is 3.46. The van der Waals surface area contributed by atoms with Gasteiger partial charge >= 0.3 is 0 Å². The second-order valence-electron chi connectivity index (χ2n) is 5.84. The van der Waals surface area contributed by atoms with Crippen molar-refractivity contribution in [1.29, 1.82) is 0 Å². The number of rotatable bonds is 6. The highest BCUT2D eigenvalue weighted by Gasteiger charge is 2.19. The number of ether oxygens (including phenoxy) is 1. The fourth-order valence-electron chi connectivity index (χ4n) is 2.49. The van der Waals surface area contributed by atoms with Crippen LogP contribution in [0.1, 0.15) is 17.6 Å². The van der Waals surface area contributed by atoms with E-state index in [4.69, 9.17) is 9.15 Å². The lowest BCUT2D eigenvalue weighted by molar-refractivity contribution is 0.223. The van der Waals surface area contributed by atoms with Gasteiger partial charge in [-0.05, 0) is 39.2 Å². The summed E-state index contributed by atoms with van der Waals surface area (Å²) in [5, 5.41) is 8.47. The monoisotopic (exact) mass is 327 g/mol. The molecule has 24 heavy (non-hydrogen) atoms. The Morgan fingerprint density at radius 3 is 2.67 bits per heavy atom. The Morgan fingerprint density at radius 2 is 2.08 bits per heavy atom. The van der Waals surface area contributed by atoms with Crippen molar-refractivity contribution < 1.29 is 9.15 Å². The molecule has 126 valence electrons. The topological polar surface area (TPSA) is 69.2 Å². The van der Waals surface area contributed by atoms with Crippen molar-refractivity contribution in [3.8, 4) is 17.1 Å². The van der Waals surface area contributed by atoms with Crippen LogP contribution in [0.2, 0.25) is 0 Å². The van der Waals surface area contributed by atoms with Crippen LogP contribution in [-0.2, 0) is 6.54 Å². The Bertz CT molecular complexity index is 791. The number of likely N-dealkylation sites (N-methyl/N-ethyl adjacent to an activating group) is 1. The van der Waals surface area contributed by atoms with Crippen LogP contribution in [0.25, 0.3) is 11.3 Å². The molecule has 0 radical (unpaired) electrons. The summed E-state index contributed by atoms with van der Waals surface area (Å²) in [7, 11) is 5.64. The van der Waals surface area contributed by atoms with Crippen LogP contribution in [-0.4, -0.2) is 46.1 Å². The van der Waals surface area contributed by atoms with Crippen LogP contribution in [0.3, 0.4) is 0 Å². The average Bonchev–Trinajstić information content (AvgIpc) is 3.21. The largest absolute Gasteiger partial charge is 0.481 e. The van der Waals surface area contributed by atoms with E-state index in [2.05, 4.69) is 20.2 Å². The molecule has 3 aromatic heterocycles. The van der Waals surface area contributed by atoms with Crippen molar-refractivity contribution >= 4 is 0 Å². The summed E-state index contributed by atoms with van der Waals surface area (Å²) in [6.45, 7) is 2.59. The molecule has 3 rings (SSSR count). The fraction of sp³-hybridized carbons (Fsp3) is 0.353. The van der Waals surface area contributed by atoms with Crippen molar-refractivity contribution in [1.82, 2.24) is 24.9 Å². The van der Waals surface area contributed by atoms with Gasteiger partial charge < -0.3 is 9.15 Å². The Balaban J connectivity index is 1.78. The number of hydrogen-bond donors (Lipinski definition) is 0. The predicted molar refractivity (Wildman–Crippen MR) is 89.7 cm³/mol. The van der Waals surface area contributed by atoms with Crippen LogP contribution in [0.15, 0.2) is 41.1 Å². The summed E-state index contributed by atoms with van der Waals surface area (Å²) < 4.78 is 12.7. The van der Waals surface area contributed by atoms with Crippen molar-refractivity contribution in [3.63, 3.8) is 0 Å². The van der Waals surface area contributed by atoms with Crippen molar-refractivity contribution in [2.24, 2.45) is 0 Å². The maximum atomic E-state index is 5.77. The summed E-state index contributed by atoms with van der Waals surface area (Å²) in [5.41, 5.74) is 1.68. The average molecular weight is 327 g/mol. The van der Waals surface area contributed by atoms with Gasteiger partial charge in [0.25, 0.3) is 0 Å². The molecular formula is C17H21N5O2. The van der Waals surface area contributed by atoms with Crippen LogP contribution < -0.4 is 4.74 Å². The van der Waals surface area contributed by atoms with E-state index in [-0.39, 0.29) is 6.04 Å². The third-order valence-corrected chi connectivity index (χ3v) is 3.85. The first-order valence-corrected chi connectivity index (χ1v) is 7.70. The van der Waals surface area contributed by atoms with Crippen LogP contribution in [0.5, 0.6) is 5.88 Å². The van der Waals surface area contributed by atoms with Crippen LogP contribution in [0, 0.1) is 6.92 Å². The third-order valence-electron chi connectivity index (χ3n) is 3.85. The number of aryl methyl sites for hydroxylation is 1. The first-order valence-electron chi connectivity index (χ1n) is 7.70. The molecular weight excluding hydrogens is 306 g/mol. The highest BCUT2D eigenvalue weighted by atomic mass is 16.5. The summed E-state index contributed by atoms with van der Waals surface area (Å²) >= 11 is 0. The van der Waals surface area contributed by atoms with Gasteiger partial charge in [0.1, 0.15) is 17.2 Å². The molecule has 0 saturated carbocycles. The molecule has 0 aromatic carbocycles. The first-order chi connectivity index (χ1) is 11.6. The minimum atomic E-state index is 0.0854. The zero-order valence-corrected chi connectivity index (χ0v) is 14.3. The van der Waals surface area contributed by atoms with E-state index < -0.39 is 0 Å². The molecule has 0 fully saturated rings. The summed E-state index contributed by atoms with van der Waals surface area (Å²) in [6.07, 6.45) is 3.64. The summed E-state index contributed by atoms with van der Waals surface area (Å²) in [5.74, 6) is 2.40. The number of nitrogens with zero attached hydrogens (tertiary/aromatic N) is 5. The van der Waals surface area contributed by atoms with Crippen LogP contribution in [0.4, 0.5) is 0 Å². The quantitative estimate of drug-likeness (QED) is 0.693. The number of aromatic nitrogens is 4. The Kier molecular flexibility index (Phi) is 4.61. The molecule has 0 saturated heterocycles. The molecule has 1 atom stereocenters. The van der Waals surface area contributed by atoms with Gasteiger partial charge in [0.2, 0.25) is 5.88 Å². The zero-order chi connectivity index (χ0) is 17.1. The minimum absolute atomic E-state index is 0.0854. The second kappa shape index (κ2) is 6.84. The first kappa shape index (κ1) is 16.2. The van der Waals surface area contributed by atoms with E-state index in [0.717, 1.165) is 22.8 Å². The molecule has 7 nitrogen and oxygen atoms in total. The van der Waals surface area contributed by atoms with Gasteiger partial charge in [-0.15, -0.1) is 5.10 Å². The van der Waals surface area contributed by atoms with E-state index >= 15 is 0 Å². The Morgan fingerprint density at radius 1 is 1.25 bits per heavy atom. The normalized spacial score (nSPS) is 12.5. The number of pyridine rings is 1. The van der Waals surface area contributed by atoms with E-state index in [0.29, 0.717) is 12.4 Å². The smallest absolute Gasteiger partial charge is 0.212 e. The van der Waals surface area contributed by atoms with Gasteiger partial charge in [0.05, 0.1) is 25.9 Å². The number of furan rings is 1. The standard InChI is InChI=1S/C17H21N5O2/c1-12-5-7-16(24-12)15(21(2)3)11-22-10-14(19-20-22)13-6-8-17(23-4)18-9-13/h5-10,15H,11H2,1-4H3/t15-/m1/s1. The zero-order valence-electron chi connectivity index (χ0n) is 14.3. The van der Waals surface area contributed by atoms with E-state index in [1.165, 1.54) is 0 Å². The number of hydrogen-bond acceptors (Lipinski definition) is 6. The molecule has 0 aliphatic rings. The Labute approximate surface area is 140 Å². The maximum absolute atomic E-state index is 5.77. The fourth-order valence-corrected chi connectivity index (χ4v) is 2.49. The minimum Gasteiger partial charge on any atom is -0.481 e. The lowest BCUT2D eigenvalue weighted by Gasteiger charge is -2.21. The predicted octanol–water partition coefficient (Wildman–Crippen LogP) is 2.55. The highest BCUT2D eigenvalue weighted by molar-refractivity contribution is 5.56. The van der Waals surface area contributed by atoms with E-state index in [1.807, 2.05) is 56.2 Å². The second-order valence-corrected chi connectivity index (χ2v) is 5.84. The van der Waals surface area contributed by atoms with Gasteiger partial charge in [0.15, 0.2) is 0 Å². The lowest BCUT2D eigenvalue weighted by atomic mass is 10.2. The molecule has 7 heteroatoms. The van der Waals surface area contributed by atoms with E-state index in [1.54, 1.807) is 13.3 Å². The highest BCUT2D eigenvalue weighted by Crippen LogP contribution is 2.23. The van der Waals surface area contributed by atoms with Crippen molar-refractivity contribution in [3.05, 3.63) is 48.2 Å². The van der Waals surface area contributed by atoms with Crippen molar-refractivity contribution in [2.45, 2.75) is 19.5 Å². The molecule has 0 unspecified atom stereocenters. The van der Waals surface area contributed by atoms with Gasteiger partial charge in [-0.1, -0.05) is 5.21 Å². The number of methoxy groups -OCH3 is 1. The van der Waals surface area contributed by atoms with Gasteiger partial charge in [-0.2, -0.15) is 0 Å². The van der Waals surface area contributed by atoms with Crippen LogP contribution >= 0.6 is 0 Å². The van der Waals surface area contributed by atoms with Gasteiger partial charge in [0, 0.05) is 17.8 Å². The van der Waals surface area contributed by atoms with E-state index in [9.17, 15) is 0 Å². The van der Waals surface area contributed by atoms with Crippen molar-refractivity contribution in [2.75, 3.05) is 21.2 Å². The van der Waals surface area contributed by atoms with Gasteiger partial charge in [-0.25, -0.2) is 9.67 Å². The molecule has 0 aliphatic heterocycles.